The van der Waals surface area contributed by atoms with Gasteiger partial charge in [-0.15, -0.1) is 0 Å². The van der Waals surface area contributed by atoms with Gasteiger partial charge in [0.15, 0.2) is 34.9 Å². The summed E-state index contributed by atoms with van der Waals surface area (Å²) in [4.78, 5) is 17.8. The average molecular weight is 698 g/mol. The van der Waals surface area contributed by atoms with E-state index in [1.165, 1.54) is 31.2 Å². The molecule has 51 heavy (non-hydrogen) atoms. The summed E-state index contributed by atoms with van der Waals surface area (Å²) in [7, 11) is 1.99. The summed E-state index contributed by atoms with van der Waals surface area (Å²) in [6.45, 7) is 4.10. The summed E-state index contributed by atoms with van der Waals surface area (Å²) < 4.78 is 12.5. The molecular weight excluding hydrogens is 646 g/mol. The number of nitrogens with one attached hydrogen (secondary N) is 1. The van der Waals surface area contributed by atoms with Gasteiger partial charge in [0.05, 0.1) is 22.0 Å². The fourth-order valence-electron chi connectivity index (χ4n) is 13.0. The molecule has 6 fully saturated rings. The molecule has 4 heterocycles. The van der Waals surface area contributed by atoms with Crippen LogP contribution in [0.1, 0.15) is 86.5 Å². The van der Waals surface area contributed by atoms with Crippen LogP contribution in [0.15, 0.2) is 24.3 Å². The largest absolute Gasteiger partial charge is 0.504 e. The minimum atomic E-state index is -0.940. The number of carbonyl (C=O) groups is 1. The number of nitrogens with zero attached hydrogens (tertiary/aromatic N) is 2. The molecule has 2 aromatic rings. The number of likely N-dealkylation sites (tertiary alicyclic amines) is 2. The third kappa shape index (κ3) is 3.88. The zero-order valence-electron chi connectivity index (χ0n) is 29.6. The number of phenolic OH excluding ortho intramolecular Hbond substituents is 2. The van der Waals surface area contributed by atoms with E-state index in [0.717, 1.165) is 93.2 Å². The number of hydrogen-bond acceptors (Lipinski definition) is 10. The first-order valence-electron chi connectivity index (χ1n) is 19.8. The van der Waals surface area contributed by atoms with Crippen LogP contribution in [0.2, 0.25) is 0 Å². The Bertz CT molecular complexity index is 1850. The van der Waals surface area contributed by atoms with Crippen molar-refractivity contribution in [2.45, 2.75) is 129 Å². The predicted molar refractivity (Wildman–Crippen MR) is 187 cm³/mol. The Morgan fingerprint density at radius 2 is 1.29 bits per heavy atom. The van der Waals surface area contributed by atoms with Crippen LogP contribution in [0.5, 0.6) is 23.0 Å². The molecule has 272 valence electrons. The average Bonchev–Trinajstić information content (AvgIpc) is 4.04. The minimum absolute atomic E-state index is 0.0454. The van der Waals surface area contributed by atoms with E-state index in [-0.39, 0.29) is 46.9 Å². The molecule has 0 aromatic heterocycles. The smallest absolute Gasteiger partial charge is 0.174 e. The van der Waals surface area contributed by atoms with Crippen LogP contribution >= 0.6 is 0 Å². The number of ketones is 1. The predicted octanol–water partition coefficient (Wildman–Crippen LogP) is 3.07. The number of ether oxygens (including phenoxy) is 2. The normalized spacial score (nSPS) is 42.3. The first-order chi connectivity index (χ1) is 24.6. The molecule has 0 amide bonds. The molecule has 4 aliphatic heterocycles. The highest BCUT2D eigenvalue weighted by molar-refractivity contribution is 5.90. The van der Waals surface area contributed by atoms with Crippen LogP contribution in [0, 0.1) is 11.8 Å². The van der Waals surface area contributed by atoms with E-state index in [1.54, 1.807) is 12.1 Å². The molecule has 10 aliphatic rings. The third-order valence-corrected chi connectivity index (χ3v) is 15.7. The van der Waals surface area contributed by atoms with Crippen molar-refractivity contribution >= 4 is 5.78 Å². The minimum Gasteiger partial charge on any atom is -0.504 e. The SMILES string of the molecule is CN[C@H]1CC[C@@]2(O)[C@H]3Cc4ccc(O)c5c4[C@@]2(CCN3CC2CC2)[C@H]1O5.O=C1CC[C@@]2(O)[C@H]3Cc4ccc(O)c5c4[C@@]2(CCN3CC2CC2)[C@H]1O5. The number of piperidine rings is 2. The Morgan fingerprint density at radius 3 is 1.88 bits per heavy atom. The fraction of sp³-hybridized carbons (Fsp3) is 0.683. The fourth-order valence-corrected chi connectivity index (χ4v) is 13.0. The van der Waals surface area contributed by atoms with Crippen molar-refractivity contribution in [2.24, 2.45) is 11.8 Å². The Kier molecular flexibility index (Phi) is 6.45. The van der Waals surface area contributed by atoms with Gasteiger partial charge in [-0.3, -0.25) is 14.6 Å². The van der Waals surface area contributed by atoms with E-state index in [1.807, 2.05) is 13.1 Å². The van der Waals surface area contributed by atoms with Crippen LogP contribution < -0.4 is 14.8 Å². The van der Waals surface area contributed by atoms with Crippen molar-refractivity contribution in [1.82, 2.24) is 15.1 Å². The van der Waals surface area contributed by atoms with Crippen molar-refractivity contribution < 1.29 is 34.7 Å². The lowest BCUT2D eigenvalue weighted by molar-refractivity contribution is -0.191. The highest BCUT2D eigenvalue weighted by atomic mass is 16.5. The molecule has 12 rings (SSSR count). The Morgan fingerprint density at radius 1 is 0.745 bits per heavy atom. The monoisotopic (exact) mass is 697 g/mol. The van der Waals surface area contributed by atoms with Gasteiger partial charge >= 0.3 is 0 Å². The second-order valence-electron chi connectivity index (χ2n) is 17.9. The maximum absolute atomic E-state index is 12.7. The summed E-state index contributed by atoms with van der Waals surface area (Å²) in [5.74, 6) is 3.08. The van der Waals surface area contributed by atoms with Crippen LogP contribution in [0.3, 0.4) is 0 Å². The van der Waals surface area contributed by atoms with Crippen LogP contribution in [0.4, 0.5) is 0 Å². The second-order valence-corrected chi connectivity index (χ2v) is 17.9. The first-order valence-corrected chi connectivity index (χ1v) is 19.8. The van der Waals surface area contributed by atoms with Gasteiger partial charge in [0, 0.05) is 48.8 Å². The number of aromatic hydroxyl groups is 2. The van der Waals surface area contributed by atoms with Gasteiger partial charge in [-0.25, -0.2) is 0 Å². The zero-order chi connectivity index (χ0) is 34.7. The lowest BCUT2D eigenvalue weighted by Crippen LogP contribution is -2.78. The van der Waals surface area contributed by atoms with E-state index in [2.05, 4.69) is 21.2 Å². The summed E-state index contributed by atoms with van der Waals surface area (Å²) in [6.07, 6.45) is 10.4. The van der Waals surface area contributed by atoms with Crippen LogP contribution in [0.25, 0.3) is 0 Å². The Balaban J connectivity index is 0.000000122. The van der Waals surface area contributed by atoms with Gasteiger partial charge in [0.1, 0.15) is 6.10 Å². The van der Waals surface area contributed by atoms with E-state index in [9.17, 15) is 25.2 Å². The summed E-state index contributed by atoms with van der Waals surface area (Å²) >= 11 is 0. The maximum atomic E-state index is 12.7. The Hall–Kier alpha value is -2.89. The lowest BCUT2D eigenvalue weighted by Gasteiger charge is -2.64. The maximum Gasteiger partial charge on any atom is 0.174 e. The number of carbonyl (C=O) groups excluding carboxylic acids is 1. The van der Waals surface area contributed by atoms with Gasteiger partial charge in [0.2, 0.25) is 0 Å². The van der Waals surface area contributed by atoms with Crippen molar-refractivity contribution in [3.63, 3.8) is 0 Å². The molecule has 5 N–H and O–H groups in total. The van der Waals surface area contributed by atoms with Gasteiger partial charge in [-0.2, -0.15) is 0 Å². The molecule has 2 spiro atoms. The second kappa shape index (κ2) is 10.4. The summed E-state index contributed by atoms with van der Waals surface area (Å²) in [5.41, 5.74) is 1.70. The third-order valence-electron chi connectivity index (χ3n) is 15.7. The molecule has 6 aliphatic carbocycles. The number of likely N-dealkylation sites (N-methyl/N-ethyl adjacent to an activating group) is 1. The van der Waals surface area contributed by atoms with Crippen molar-refractivity contribution in [3.8, 4) is 23.0 Å². The van der Waals surface area contributed by atoms with Crippen LogP contribution in [-0.2, 0) is 28.5 Å². The topological polar surface area (TPSA) is 135 Å². The summed E-state index contributed by atoms with van der Waals surface area (Å²) in [6, 6.07) is 7.92. The molecule has 0 radical (unpaired) electrons. The molecule has 4 saturated carbocycles. The molecule has 2 aromatic carbocycles. The van der Waals surface area contributed by atoms with Crippen LogP contribution in [-0.4, -0.2) is 111 Å². The molecule has 0 unspecified atom stereocenters. The number of hydrogen-bond donors (Lipinski definition) is 5. The van der Waals surface area contributed by atoms with E-state index >= 15 is 0 Å². The Labute approximate surface area is 299 Å². The molecule has 10 nitrogen and oxygen atoms in total. The first kappa shape index (κ1) is 31.6. The molecular formula is C41H51N3O7. The lowest BCUT2D eigenvalue weighted by atomic mass is 9.48. The van der Waals surface area contributed by atoms with Gasteiger partial charge < -0.3 is 35.2 Å². The zero-order valence-corrected chi connectivity index (χ0v) is 29.6. The molecule has 4 bridgehead atoms. The van der Waals surface area contributed by atoms with E-state index in [0.29, 0.717) is 24.3 Å². The highest BCUT2D eigenvalue weighted by Gasteiger charge is 2.74. The number of aliphatic hydroxyl groups is 2. The number of phenols is 2. The number of rotatable bonds is 5. The highest BCUT2D eigenvalue weighted by Crippen LogP contribution is 2.67. The van der Waals surface area contributed by atoms with Gasteiger partial charge in [-0.05, 0) is 126 Å². The molecule has 10 heteroatoms. The van der Waals surface area contributed by atoms with E-state index < -0.39 is 22.7 Å². The van der Waals surface area contributed by atoms with E-state index in [4.69, 9.17) is 9.47 Å². The van der Waals surface area contributed by atoms with Gasteiger partial charge in [-0.1, -0.05) is 12.1 Å². The standard InChI is InChI=1S/C21H28N2O3.C20H23NO4/c1-22-14-6-7-21(25)16-10-13-4-5-15(24)18-17(13)20(21,19(14)26-18)8-9-23(16)11-12-2-3-12;22-13-4-3-12-9-15-20(24)6-5-14(23)18-19(20,16(12)17(13)25-18)7-8-21(15)10-11-1-2-11/h4-5,12,14,16,19,22,24-25H,2-3,6-11H2,1H3;3-4,11,15,18,22,24H,1-2,5-10H2/t14-,16+,19-,20-,21+;15-,18+,19+,20-/m01/s1. The number of benzene rings is 2. The molecule has 2 saturated heterocycles. The number of Topliss-reactive ketones (excluding diaryl/α,β-unsaturated/α-hetero) is 1. The van der Waals surface area contributed by atoms with Gasteiger partial charge in [0.25, 0.3) is 0 Å². The molecule has 9 atom stereocenters. The van der Waals surface area contributed by atoms with Crippen molar-refractivity contribution in [1.29, 1.82) is 0 Å². The van der Waals surface area contributed by atoms with Crippen molar-refractivity contribution in [2.75, 3.05) is 33.2 Å². The quantitative estimate of drug-likeness (QED) is 0.318. The summed E-state index contributed by atoms with van der Waals surface area (Å²) in [5, 5.41) is 48.4. The van der Waals surface area contributed by atoms with Crippen molar-refractivity contribution in [3.05, 3.63) is 46.5 Å².